The first-order valence-electron chi connectivity index (χ1n) is 3.48. The van der Waals surface area contributed by atoms with E-state index in [0.29, 0.717) is 8.95 Å². The van der Waals surface area contributed by atoms with Crippen molar-refractivity contribution < 1.29 is 15.0 Å². The van der Waals surface area contributed by atoms with Crippen molar-refractivity contribution in [3.8, 4) is 0 Å². The first-order valence-corrected chi connectivity index (χ1v) is 5.45. The predicted molar refractivity (Wildman–Crippen MR) is 59.4 cm³/mol. The summed E-state index contributed by atoms with van der Waals surface area (Å²) in [5.41, 5.74) is 0.153. The molecule has 0 spiro atoms. The fraction of sp³-hybridized carbons (Fsp3) is 0.125. The normalized spacial score (nSPS) is 12.6. The minimum atomic E-state index is -1.61. The summed E-state index contributed by atoms with van der Waals surface area (Å²) in [5, 5.41) is 18.1. The predicted octanol–water partition coefficient (Wildman–Crippen LogP) is 2.98. The van der Waals surface area contributed by atoms with Crippen LogP contribution in [0.4, 0.5) is 0 Å². The number of aliphatic hydroxyl groups excluding tert-OH is 1. The van der Waals surface area contributed by atoms with Gasteiger partial charge in [-0.25, -0.2) is 4.79 Å². The molecule has 0 amide bonds. The molecule has 0 heterocycles. The summed E-state index contributed by atoms with van der Waals surface area (Å²) in [7, 11) is 0. The molecule has 0 aliphatic carbocycles. The third-order valence-electron chi connectivity index (χ3n) is 1.55. The summed E-state index contributed by atoms with van der Waals surface area (Å²) in [5.74, 6) is -1.34. The highest BCUT2D eigenvalue weighted by Crippen LogP contribution is 2.33. The van der Waals surface area contributed by atoms with Gasteiger partial charge in [0.15, 0.2) is 6.10 Å². The Bertz CT molecular complexity index is 381. The van der Waals surface area contributed by atoms with Gasteiger partial charge in [-0.3, -0.25) is 0 Å². The topological polar surface area (TPSA) is 57.5 Å². The third kappa shape index (κ3) is 2.48. The zero-order chi connectivity index (χ0) is 10.9. The number of hydrogen-bond donors (Lipinski definition) is 2. The number of benzene rings is 1. The van der Waals surface area contributed by atoms with Crippen LogP contribution in [-0.2, 0) is 4.79 Å². The fourth-order valence-corrected chi connectivity index (χ4v) is 2.38. The van der Waals surface area contributed by atoms with E-state index in [0.717, 1.165) is 0 Å². The summed E-state index contributed by atoms with van der Waals surface area (Å²) in [4.78, 5) is 10.5. The summed E-state index contributed by atoms with van der Waals surface area (Å²) in [6.07, 6.45) is -1.61. The van der Waals surface area contributed by atoms with Crippen LogP contribution in [0.5, 0.6) is 0 Å². The van der Waals surface area contributed by atoms with Crippen LogP contribution >= 0.6 is 43.5 Å². The second kappa shape index (κ2) is 4.61. The van der Waals surface area contributed by atoms with Crippen molar-refractivity contribution >= 4 is 49.4 Å². The highest BCUT2D eigenvalue weighted by Gasteiger charge is 2.20. The van der Waals surface area contributed by atoms with Crippen LogP contribution in [0.2, 0.25) is 5.02 Å². The van der Waals surface area contributed by atoms with Gasteiger partial charge < -0.3 is 10.2 Å². The molecule has 0 aromatic heterocycles. The largest absolute Gasteiger partial charge is 0.479 e. The van der Waals surface area contributed by atoms with E-state index in [1.165, 1.54) is 6.07 Å². The van der Waals surface area contributed by atoms with Crippen molar-refractivity contribution in [3.63, 3.8) is 0 Å². The number of carboxylic acid groups (broad SMARTS) is 1. The van der Waals surface area contributed by atoms with Gasteiger partial charge in [0.2, 0.25) is 0 Å². The van der Waals surface area contributed by atoms with E-state index in [1.54, 1.807) is 6.07 Å². The number of aliphatic carboxylic acids is 1. The molecule has 6 heteroatoms. The van der Waals surface area contributed by atoms with Gasteiger partial charge in [0, 0.05) is 14.5 Å². The Morgan fingerprint density at radius 1 is 1.43 bits per heavy atom. The van der Waals surface area contributed by atoms with Crippen molar-refractivity contribution in [1.29, 1.82) is 0 Å². The molecule has 1 aromatic rings. The molecule has 0 aliphatic rings. The second-order valence-corrected chi connectivity index (χ2v) is 4.68. The zero-order valence-corrected chi connectivity index (χ0v) is 10.6. The molecular formula is C8H5Br2ClO3. The standard InChI is InChI=1S/C8H5Br2ClO3/c9-3-1-4(7(12)8(13)14)6(11)5(10)2-3/h1-2,7,12H,(H,13,14). The van der Waals surface area contributed by atoms with Gasteiger partial charge in [0.05, 0.1) is 5.02 Å². The number of aliphatic hydroxyl groups is 1. The van der Waals surface area contributed by atoms with Crippen LogP contribution in [0.3, 0.4) is 0 Å². The van der Waals surface area contributed by atoms with Gasteiger partial charge in [-0.15, -0.1) is 0 Å². The first kappa shape index (κ1) is 12.0. The van der Waals surface area contributed by atoms with Crippen LogP contribution in [0, 0.1) is 0 Å². The van der Waals surface area contributed by atoms with Gasteiger partial charge in [0.1, 0.15) is 0 Å². The van der Waals surface area contributed by atoms with Gasteiger partial charge >= 0.3 is 5.97 Å². The Morgan fingerprint density at radius 2 is 2.00 bits per heavy atom. The highest BCUT2D eigenvalue weighted by atomic mass is 79.9. The van der Waals surface area contributed by atoms with Crippen LogP contribution in [0.1, 0.15) is 11.7 Å². The Labute approximate surface area is 102 Å². The van der Waals surface area contributed by atoms with Crippen LogP contribution in [-0.4, -0.2) is 16.2 Å². The smallest absolute Gasteiger partial charge is 0.337 e. The lowest BCUT2D eigenvalue weighted by Gasteiger charge is -2.09. The Hall–Kier alpha value is -0.100. The summed E-state index contributed by atoms with van der Waals surface area (Å²) >= 11 is 12.1. The highest BCUT2D eigenvalue weighted by molar-refractivity contribution is 9.11. The SMILES string of the molecule is O=C(O)C(O)c1cc(Br)cc(Br)c1Cl. The molecule has 1 unspecified atom stereocenters. The van der Waals surface area contributed by atoms with Crippen molar-refractivity contribution in [3.05, 3.63) is 31.7 Å². The van der Waals surface area contributed by atoms with E-state index in [9.17, 15) is 9.90 Å². The number of hydrogen-bond acceptors (Lipinski definition) is 2. The molecule has 0 bridgehead atoms. The van der Waals surface area contributed by atoms with Crippen molar-refractivity contribution in [2.45, 2.75) is 6.10 Å². The van der Waals surface area contributed by atoms with Gasteiger partial charge in [0.25, 0.3) is 0 Å². The monoisotopic (exact) mass is 342 g/mol. The van der Waals surface area contributed by atoms with Crippen LogP contribution < -0.4 is 0 Å². The molecule has 0 fully saturated rings. The molecule has 0 saturated heterocycles. The third-order valence-corrected chi connectivity index (χ3v) is 3.28. The van der Waals surface area contributed by atoms with Gasteiger partial charge in [-0.1, -0.05) is 27.5 Å². The molecule has 1 atom stereocenters. The van der Waals surface area contributed by atoms with Gasteiger partial charge in [-0.2, -0.15) is 0 Å². The minimum Gasteiger partial charge on any atom is -0.479 e. The van der Waals surface area contributed by atoms with E-state index < -0.39 is 12.1 Å². The summed E-state index contributed by atoms with van der Waals surface area (Å²) < 4.78 is 1.17. The lowest BCUT2D eigenvalue weighted by Crippen LogP contribution is -2.11. The van der Waals surface area contributed by atoms with Gasteiger partial charge in [-0.05, 0) is 28.1 Å². The van der Waals surface area contributed by atoms with E-state index in [1.807, 2.05) is 0 Å². The van der Waals surface area contributed by atoms with Crippen LogP contribution in [0.25, 0.3) is 0 Å². The van der Waals surface area contributed by atoms with Crippen molar-refractivity contribution in [2.24, 2.45) is 0 Å². The Kier molecular flexibility index (Phi) is 3.94. The molecule has 76 valence electrons. The lowest BCUT2D eigenvalue weighted by atomic mass is 10.1. The molecule has 1 aromatic carbocycles. The maximum Gasteiger partial charge on any atom is 0.337 e. The zero-order valence-electron chi connectivity index (χ0n) is 6.67. The fourth-order valence-electron chi connectivity index (χ4n) is 0.908. The Balaban J connectivity index is 3.26. The number of rotatable bonds is 2. The molecule has 0 aliphatic heterocycles. The van der Waals surface area contributed by atoms with E-state index in [-0.39, 0.29) is 10.6 Å². The average molecular weight is 344 g/mol. The summed E-state index contributed by atoms with van der Waals surface area (Å²) in [6.45, 7) is 0. The first-order chi connectivity index (χ1) is 6.43. The molecular weight excluding hydrogens is 339 g/mol. The minimum absolute atomic E-state index is 0.153. The number of carboxylic acids is 1. The molecule has 2 N–H and O–H groups in total. The van der Waals surface area contributed by atoms with E-state index >= 15 is 0 Å². The van der Waals surface area contributed by atoms with Crippen LogP contribution in [0.15, 0.2) is 21.1 Å². The Morgan fingerprint density at radius 3 is 2.50 bits per heavy atom. The second-order valence-electron chi connectivity index (χ2n) is 2.53. The summed E-state index contributed by atoms with van der Waals surface area (Å²) in [6, 6.07) is 3.13. The number of halogens is 3. The average Bonchev–Trinajstić information content (AvgIpc) is 2.09. The molecule has 0 radical (unpaired) electrons. The molecule has 14 heavy (non-hydrogen) atoms. The molecule has 0 saturated carbocycles. The molecule has 3 nitrogen and oxygen atoms in total. The van der Waals surface area contributed by atoms with Crippen molar-refractivity contribution in [2.75, 3.05) is 0 Å². The van der Waals surface area contributed by atoms with Crippen molar-refractivity contribution in [1.82, 2.24) is 0 Å². The van der Waals surface area contributed by atoms with E-state index in [4.69, 9.17) is 16.7 Å². The maximum atomic E-state index is 10.5. The molecule has 1 rings (SSSR count). The lowest BCUT2D eigenvalue weighted by molar-refractivity contribution is -0.146. The quantitative estimate of drug-likeness (QED) is 0.811. The van der Waals surface area contributed by atoms with E-state index in [2.05, 4.69) is 31.9 Å². The maximum absolute atomic E-state index is 10.5. The number of carbonyl (C=O) groups is 1.